The minimum Gasteiger partial charge on any atom is -0.367 e. The first-order valence-corrected chi connectivity index (χ1v) is 8.11. The van der Waals surface area contributed by atoms with E-state index in [9.17, 15) is 4.39 Å². The van der Waals surface area contributed by atoms with Crippen LogP contribution < -0.4 is 5.32 Å². The molecular weight excluding hydrogens is 420 g/mol. The van der Waals surface area contributed by atoms with Gasteiger partial charge >= 0.3 is 0 Å². The summed E-state index contributed by atoms with van der Waals surface area (Å²) in [6, 6.07) is 6.54. The van der Waals surface area contributed by atoms with Crippen LogP contribution in [0.4, 0.5) is 4.39 Å². The van der Waals surface area contributed by atoms with Gasteiger partial charge in [-0.1, -0.05) is 24.3 Å². The molecule has 1 saturated heterocycles. The first-order chi connectivity index (χ1) is 11.1. The number of hydrogen-bond donors (Lipinski definition) is 1. The van der Waals surface area contributed by atoms with E-state index >= 15 is 0 Å². The molecule has 1 heterocycles. The van der Waals surface area contributed by atoms with Gasteiger partial charge in [-0.3, -0.25) is 4.99 Å². The van der Waals surface area contributed by atoms with Gasteiger partial charge in [0.2, 0.25) is 0 Å². The van der Waals surface area contributed by atoms with Crippen molar-refractivity contribution in [3.63, 3.8) is 0 Å². The fourth-order valence-electron chi connectivity index (χ4n) is 2.75. The molecule has 6 heteroatoms. The Morgan fingerprint density at radius 3 is 2.71 bits per heavy atom. The SMILES string of the molecule is C/C=C/CCNC(=NC)N1CC(C)OC(c2ccc(F)cc2)C1.I. The van der Waals surface area contributed by atoms with Crippen LogP contribution in [0.1, 0.15) is 31.9 Å². The van der Waals surface area contributed by atoms with Crippen LogP contribution in [0.3, 0.4) is 0 Å². The highest BCUT2D eigenvalue weighted by Gasteiger charge is 2.28. The molecule has 24 heavy (non-hydrogen) atoms. The molecule has 2 unspecified atom stereocenters. The summed E-state index contributed by atoms with van der Waals surface area (Å²) in [5, 5.41) is 3.38. The van der Waals surface area contributed by atoms with E-state index in [-0.39, 0.29) is 42.0 Å². The molecule has 1 N–H and O–H groups in total. The molecular formula is C18H27FIN3O. The fourth-order valence-corrected chi connectivity index (χ4v) is 2.75. The second-order valence-electron chi connectivity index (χ2n) is 5.72. The number of allylic oxidation sites excluding steroid dienone is 1. The van der Waals surface area contributed by atoms with Crippen molar-refractivity contribution in [2.75, 3.05) is 26.7 Å². The second-order valence-corrected chi connectivity index (χ2v) is 5.72. The van der Waals surface area contributed by atoms with Crippen LogP contribution >= 0.6 is 24.0 Å². The number of ether oxygens (including phenoxy) is 1. The maximum absolute atomic E-state index is 13.1. The molecule has 0 radical (unpaired) electrons. The topological polar surface area (TPSA) is 36.9 Å². The van der Waals surface area contributed by atoms with Crippen LogP contribution in [0.5, 0.6) is 0 Å². The van der Waals surface area contributed by atoms with Gasteiger partial charge in [-0.05, 0) is 38.0 Å². The predicted molar refractivity (Wildman–Crippen MR) is 107 cm³/mol. The smallest absolute Gasteiger partial charge is 0.193 e. The van der Waals surface area contributed by atoms with E-state index < -0.39 is 0 Å². The lowest BCUT2D eigenvalue weighted by molar-refractivity contribution is -0.0604. The summed E-state index contributed by atoms with van der Waals surface area (Å²) in [6.07, 6.45) is 5.16. The maximum Gasteiger partial charge on any atom is 0.193 e. The molecule has 1 aliphatic rings. The van der Waals surface area contributed by atoms with Gasteiger partial charge in [-0.25, -0.2) is 4.39 Å². The zero-order chi connectivity index (χ0) is 16.7. The number of benzene rings is 1. The van der Waals surface area contributed by atoms with Crippen molar-refractivity contribution >= 4 is 29.9 Å². The number of morpholine rings is 1. The summed E-state index contributed by atoms with van der Waals surface area (Å²) in [5.41, 5.74) is 0.993. The molecule has 0 aliphatic carbocycles. The van der Waals surface area contributed by atoms with Gasteiger partial charge < -0.3 is 15.0 Å². The van der Waals surface area contributed by atoms with E-state index in [2.05, 4.69) is 28.2 Å². The summed E-state index contributed by atoms with van der Waals surface area (Å²) in [7, 11) is 1.80. The molecule has 1 fully saturated rings. The van der Waals surface area contributed by atoms with Gasteiger partial charge in [-0.2, -0.15) is 0 Å². The third-order valence-corrected chi connectivity index (χ3v) is 3.84. The molecule has 2 rings (SSSR count). The lowest BCUT2D eigenvalue weighted by Gasteiger charge is -2.38. The van der Waals surface area contributed by atoms with Crippen LogP contribution in [0.15, 0.2) is 41.4 Å². The molecule has 1 aromatic rings. The molecule has 2 atom stereocenters. The molecule has 0 saturated carbocycles. The van der Waals surface area contributed by atoms with Crippen molar-refractivity contribution in [2.45, 2.75) is 32.5 Å². The quantitative estimate of drug-likeness (QED) is 0.251. The Kier molecular flexibility index (Phi) is 9.28. The van der Waals surface area contributed by atoms with E-state index in [4.69, 9.17) is 4.74 Å². The van der Waals surface area contributed by atoms with Crippen molar-refractivity contribution < 1.29 is 9.13 Å². The number of nitrogens with one attached hydrogen (secondary N) is 1. The summed E-state index contributed by atoms with van der Waals surface area (Å²) < 4.78 is 19.1. The number of guanidine groups is 1. The van der Waals surface area contributed by atoms with Crippen molar-refractivity contribution in [3.05, 3.63) is 47.8 Å². The van der Waals surface area contributed by atoms with E-state index in [1.807, 2.05) is 13.0 Å². The molecule has 4 nitrogen and oxygen atoms in total. The average Bonchev–Trinajstić information content (AvgIpc) is 2.55. The van der Waals surface area contributed by atoms with Crippen LogP contribution in [-0.2, 0) is 4.74 Å². The van der Waals surface area contributed by atoms with Crippen molar-refractivity contribution in [2.24, 2.45) is 4.99 Å². The van der Waals surface area contributed by atoms with Crippen molar-refractivity contribution in [3.8, 4) is 0 Å². The molecule has 0 spiro atoms. The summed E-state index contributed by atoms with van der Waals surface area (Å²) >= 11 is 0. The zero-order valence-electron chi connectivity index (χ0n) is 14.5. The van der Waals surface area contributed by atoms with Crippen LogP contribution in [0.2, 0.25) is 0 Å². The molecule has 1 aromatic carbocycles. The average molecular weight is 447 g/mol. The standard InChI is InChI=1S/C18H26FN3O.HI/c1-4-5-6-11-21-18(20-3)22-12-14(2)23-17(13-22)15-7-9-16(19)10-8-15;/h4-5,7-10,14,17H,6,11-13H2,1-3H3,(H,20,21);1H/b5-4+;. The lowest BCUT2D eigenvalue weighted by Crippen LogP contribution is -2.50. The highest BCUT2D eigenvalue weighted by molar-refractivity contribution is 14.0. The van der Waals surface area contributed by atoms with Gasteiger partial charge in [0.15, 0.2) is 5.96 Å². The van der Waals surface area contributed by atoms with Crippen molar-refractivity contribution in [1.82, 2.24) is 10.2 Å². The molecule has 0 aromatic heterocycles. The summed E-state index contributed by atoms with van der Waals surface area (Å²) in [6.45, 7) is 6.42. The number of nitrogens with zero attached hydrogens (tertiary/aromatic N) is 2. The predicted octanol–water partition coefficient (Wildman–Crippen LogP) is 3.75. The largest absolute Gasteiger partial charge is 0.367 e. The van der Waals surface area contributed by atoms with Crippen LogP contribution in [0, 0.1) is 5.82 Å². The molecule has 1 aliphatic heterocycles. The summed E-state index contributed by atoms with van der Waals surface area (Å²) in [4.78, 5) is 6.58. The first kappa shape index (κ1) is 20.9. The van der Waals surface area contributed by atoms with Crippen molar-refractivity contribution in [1.29, 1.82) is 0 Å². The third kappa shape index (κ3) is 6.05. The molecule has 134 valence electrons. The second kappa shape index (κ2) is 10.7. The maximum atomic E-state index is 13.1. The van der Waals surface area contributed by atoms with E-state index in [1.165, 1.54) is 12.1 Å². The highest BCUT2D eigenvalue weighted by atomic mass is 127. The Hall–Kier alpha value is -1.15. The molecule has 0 amide bonds. The van der Waals surface area contributed by atoms with Gasteiger partial charge in [0, 0.05) is 20.1 Å². The van der Waals surface area contributed by atoms with E-state index in [1.54, 1.807) is 19.2 Å². The van der Waals surface area contributed by atoms with Gasteiger partial charge in [0.1, 0.15) is 11.9 Å². The number of aliphatic imine (C=N–C) groups is 1. The minimum absolute atomic E-state index is 0. The number of rotatable bonds is 4. The van der Waals surface area contributed by atoms with E-state index in [0.29, 0.717) is 6.54 Å². The highest BCUT2D eigenvalue weighted by Crippen LogP contribution is 2.25. The minimum atomic E-state index is -0.226. The lowest BCUT2D eigenvalue weighted by atomic mass is 10.1. The van der Waals surface area contributed by atoms with E-state index in [0.717, 1.165) is 31.0 Å². The Bertz CT molecular complexity index is 548. The normalized spacial score (nSPS) is 21.7. The number of halogens is 2. The van der Waals surface area contributed by atoms with Gasteiger partial charge in [0.05, 0.1) is 12.6 Å². The fraction of sp³-hybridized carbons (Fsp3) is 0.500. The van der Waals surface area contributed by atoms with Crippen LogP contribution in [-0.4, -0.2) is 43.6 Å². The molecule has 0 bridgehead atoms. The Morgan fingerprint density at radius 2 is 2.08 bits per heavy atom. The Balaban J connectivity index is 0.00000288. The number of hydrogen-bond acceptors (Lipinski definition) is 2. The third-order valence-electron chi connectivity index (χ3n) is 3.84. The van der Waals surface area contributed by atoms with Gasteiger partial charge in [-0.15, -0.1) is 24.0 Å². The monoisotopic (exact) mass is 447 g/mol. The first-order valence-electron chi connectivity index (χ1n) is 8.11. The van der Waals surface area contributed by atoms with Crippen LogP contribution in [0.25, 0.3) is 0 Å². The Labute approximate surface area is 161 Å². The van der Waals surface area contributed by atoms with Gasteiger partial charge in [0.25, 0.3) is 0 Å². The summed E-state index contributed by atoms with van der Waals surface area (Å²) in [5.74, 6) is 0.660. The Morgan fingerprint density at radius 1 is 1.38 bits per heavy atom. The zero-order valence-corrected chi connectivity index (χ0v) is 16.9.